The van der Waals surface area contributed by atoms with Gasteiger partial charge in [-0.1, -0.05) is 30.3 Å². The van der Waals surface area contributed by atoms with Gasteiger partial charge in [0.1, 0.15) is 18.1 Å². The van der Waals surface area contributed by atoms with Gasteiger partial charge >= 0.3 is 0 Å². The van der Waals surface area contributed by atoms with E-state index in [0.29, 0.717) is 28.5 Å². The third-order valence-electron chi connectivity index (χ3n) is 5.30. The van der Waals surface area contributed by atoms with Gasteiger partial charge in [0.15, 0.2) is 11.5 Å². The van der Waals surface area contributed by atoms with E-state index in [-0.39, 0.29) is 12.5 Å². The number of amides is 1. The lowest BCUT2D eigenvalue weighted by molar-refractivity contribution is 0.102. The number of nitrogens with one attached hydrogen (secondary N) is 1. The van der Waals surface area contributed by atoms with Crippen molar-refractivity contribution in [3.63, 3.8) is 0 Å². The van der Waals surface area contributed by atoms with Gasteiger partial charge in [0, 0.05) is 22.9 Å². The first kappa shape index (κ1) is 22.0. The molecule has 0 aromatic heterocycles. The van der Waals surface area contributed by atoms with Crippen LogP contribution in [0.2, 0.25) is 0 Å². The smallest absolute Gasteiger partial charge is 0.255 e. The molecule has 6 heteroatoms. The molecule has 0 heterocycles. The van der Waals surface area contributed by atoms with Crippen LogP contribution in [0.5, 0.6) is 23.0 Å². The van der Waals surface area contributed by atoms with Crippen LogP contribution in [0, 0.1) is 0 Å². The summed E-state index contributed by atoms with van der Waals surface area (Å²) in [6, 6.07) is 24.5. The molecular weight excluding hydrogens is 418 g/mol. The highest BCUT2D eigenvalue weighted by atomic mass is 16.5. The lowest BCUT2D eigenvalue weighted by Gasteiger charge is -2.13. The number of benzene rings is 4. The second-order valence-corrected chi connectivity index (χ2v) is 7.35. The molecule has 1 N–H and O–H groups in total. The summed E-state index contributed by atoms with van der Waals surface area (Å²) in [6.45, 7) is 0.263. The Hall–Kier alpha value is -4.19. The van der Waals surface area contributed by atoms with Gasteiger partial charge in [0.05, 0.1) is 21.3 Å². The van der Waals surface area contributed by atoms with Crippen LogP contribution in [0.15, 0.2) is 78.9 Å². The van der Waals surface area contributed by atoms with E-state index in [1.807, 2.05) is 36.4 Å². The lowest BCUT2D eigenvalue weighted by atomic mass is 10.1. The van der Waals surface area contributed by atoms with Crippen LogP contribution >= 0.6 is 0 Å². The summed E-state index contributed by atoms with van der Waals surface area (Å²) in [7, 11) is 4.71. The third-order valence-corrected chi connectivity index (χ3v) is 5.30. The molecule has 0 aliphatic heterocycles. The summed E-state index contributed by atoms with van der Waals surface area (Å²) >= 11 is 0. The molecule has 4 rings (SSSR count). The van der Waals surface area contributed by atoms with Gasteiger partial charge in [0.2, 0.25) is 0 Å². The molecule has 0 saturated heterocycles. The Morgan fingerprint density at radius 1 is 0.727 bits per heavy atom. The molecule has 33 heavy (non-hydrogen) atoms. The molecule has 0 aliphatic rings. The van der Waals surface area contributed by atoms with Gasteiger partial charge in [-0.3, -0.25) is 4.79 Å². The Morgan fingerprint density at radius 3 is 2.21 bits per heavy atom. The Labute approximate surface area is 192 Å². The summed E-state index contributed by atoms with van der Waals surface area (Å²) in [6.07, 6.45) is 0. The Kier molecular flexibility index (Phi) is 6.64. The topological polar surface area (TPSA) is 66.0 Å². The van der Waals surface area contributed by atoms with E-state index in [4.69, 9.17) is 18.9 Å². The average Bonchev–Trinajstić information content (AvgIpc) is 2.87. The third kappa shape index (κ3) is 5.01. The van der Waals surface area contributed by atoms with E-state index in [1.54, 1.807) is 57.7 Å². The van der Waals surface area contributed by atoms with Crippen LogP contribution < -0.4 is 24.3 Å². The molecule has 168 valence electrons. The molecule has 4 aromatic rings. The van der Waals surface area contributed by atoms with Crippen LogP contribution in [0.1, 0.15) is 15.9 Å². The minimum absolute atomic E-state index is 0.253. The predicted molar refractivity (Wildman–Crippen MR) is 129 cm³/mol. The highest BCUT2D eigenvalue weighted by molar-refractivity contribution is 6.04. The molecule has 0 bridgehead atoms. The number of hydrogen-bond donors (Lipinski definition) is 1. The second-order valence-electron chi connectivity index (χ2n) is 7.35. The van der Waals surface area contributed by atoms with E-state index in [0.717, 1.165) is 22.1 Å². The van der Waals surface area contributed by atoms with Crippen LogP contribution in [0.25, 0.3) is 10.8 Å². The fraction of sp³-hybridized carbons (Fsp3) is 0.148. The fourth-order valence-electron chi connectivity index (χ4n) is 3.57. The summed E-state index contributed by atoms with van der Waals surface area (Å²) in [4.78, 5) is 12.9. The number of hydrogen-bond acceptors (Lipinski definition) is 5. The zero-order chi connectivity index (χ0) is 23.2. The summed E-state index contributed by atoms with van der Waals surface area (Å²) in [5.74, 6) is 2.27. The molecule has 1 amide bonds. The van der Waals surface area contributed by atoms with Crippen LogP contribution in [0.4, 0.5) is 5.69 Å². The summed E-state index contributed by atoms with van der Waals surface area (Å²) in [5.41, 5.74) is 1.86. The molecule has 0 unspecified atom stereocenters. The maximum absolute atomic E-state index is 12.9. The van der Waals surface area contributed by atoms with Crippen molar-refractivity contribution in [3.05, 3.63) is 90.0 Å². The van der Waals surface area contributed by atoms with Crippen molar-refractivity contribution in [2.45, 2.75) is 6.61 Å². The molecule has 0 saturated carbocycles. The molecule has 4 aromatic carbocycles. The van der Waals surface area contributed by atoms with E-state index in [2.05, 4.69) is 11.4 Å². The first-order valence-corrected chi connectivity index (χ1v) is 10.4. The van der Waals surface area contributed by atoms with Crippen molar-refractivity contribution in [1.82, 2.24) is 0 Å². The number of fused-ring (bicyclic) bond motifs is 1. The highest BCUT2D eigenvalue weighted by Crippen LogP contribution is 2.30. The van der Waals surface area contributed by atoms with Crippen LogP contribution in [-0.2, 0) is 6.61 Å². The largest absolute Gasteiger partial charge is 0.496 e. The lowest BCUT2D eigenvalue weighted by Crippen LogP contribution is -2.13. The van der Waals surface area contributed by atoms with Gasteiger partial charge in [-0.15, -0.1) is 0 Å². The maximum atomic E-state index is 12.9. The summed E-state index contributed by atoms with van der Waals surface area (Å²) < 4.78 is 22.0. The molecule has 0 atom stereocenters. The maximum Gasteiger partial charge on any atom is 0.255 e. The first-order valence-electron chi connectivity index (χ1n) is 10.4. The number of rotatable bonds is 8. The van der Waals surface area contributed by atoms with Crippen molar-refractivity contribution >= 4 is 22.4 Å². The highest BCUT2D eigenvalue weighted by Gasteiger charge is 2.13. The van der Waals surface area contributed by atoms with Crippen LogP contribution in [0.3, 0.4) is 0 Å². The molecule has 0 spiro atoms. The minimum Gasteiger partial charge on any atom is -0.496 e. The van der Waals surface area contributed by atoms with Gasteiger partial charge in [-0.25, -0.2) is 0 Å². The van der Waals surface area contributed by atoms with Gasteiger partial charge in [-0.05, 0) is 53.2 Å². The van der Waals surface area contributed by atoms with Gasteiger partial charge < -0.3 is 24.3 Å². The minimum atomic E-state index is -0.253. The van der Waals surface area contributed by atoms with Crippen molar-refractivity contribution in [2.75, 3.05) is 26.6 Å². The van der Waals surface area contributed by atoms with Gasteiger partial charge in [0.25, 0.3) is 5.91 Å². The molecule has 6 nitrogen and oxygen atoms in total. The zero-order valence-electron chi connectivity index (χ0n) is 18.8. The van der Waals surface area contributed by atoms with Crippen molar-refractivity contribution < 1.29 is 23.7 Å². The first-order chi connectivity index (χ1) is 16.1. The Balaban J connectivity index is 1.51. The van der Waals surface area contributed by atoms with Crippen molar-refractivity contribution in [3.8, 4) is 23.0 Å². The monoisotopic (exact) mass is 443 g/mol. The number of methoxy groups -OCH3 is 3. The van der Waals surface area contributed by atoms with Crippen LogP contribution in [-0.4, -0.2) is 27.2 Å². The van der Waals surface area contributed by atoms with E-state index in [9.17, 15) is 4.79 Å². The SMILES string of the molecule is COc1ccc(C(=O)Nc2ccc(OC)c(OC)c2)cc1COc1ccc2ccccc2c1. The van der Waals surface area contributed by atoms with Crippen molar-refractivity contribution in [2.24, 2.45) is 0 Å². The predicted octanol–water partition coefficient (Wildman–Crippen LogP) is 5.70. The Morgan fingerprint density at radius 2 is 1.45 bits per heavy atom. The zero-order valence-corrected chi connectivity index (χ0v) is 18.8. The molecular formula is C27H25NO5. The van der Waals surface area contributed by atoms with E-state index >= 15 is 0 Å². The van der Waals surface area contributed by atoms with Gasteiger partial charge in [-0.2, -0.15) is 0 Å². The van der Waals surface area contributed by atoms with E-state index in [1.165, 1.54) is 0 Å². The average molecular weight is 443 g/mol. The summed E-state index contributed by atoms with van der Waals surface area (Å²) in [5, 5.41) is 5.14. The number of ether oxygens (including phenoxy) is 4. The Bertz CT molecular complexity index is 1280. The molecule has 0 fully saturated rings. The molecule has 0 aliphatic carbocycles. The normalized spacial score (nSPS) is 10.5. The number of anilines is 1. The fourth-order valence-corrected chi connectivity index (χ4v) is 3.57. The van der Waals surface area contributed by atoms with Crippen molar-refractivity contribution in [1.29, 1.82) is 0 Å². The standard InChI is InChI=1S/C27H25NO5/c1-30-24-12-9-20(27(29)28-22-10-13-25(31-2)26(16-22)32-3)14-21(24)17-33-23-11-8-18-6-4-5-7-19(18)15-23/h4-16H,17H2,1-3H3,(H,28,29). The second kappa shape index (κ2) is 9.96. The number of carbonyl (C=O) groups excluding carboxylic acids is 1. The van der Waals surface area contributed by atoms with E-state index < -0.39 is 0 Å². The quantitative estimate of drug-likeness (QED) is 0.379. The number of carbonyl (C=O) groups is 1. The molecule has 0 radical (unpaired) electrons.